The van der Waals surface area contributed by atoms with E-state index in [0.717, 1.165) is 17.7 Å². The second-order valence-electron chi connectivity index (χ2n) is 16.6. The minimum Gasteiger partial charge on any atom is -0.494 e. The number of aromatic nitrogens is 4. The van der Waals surface area contributed by atoms with E-state index < -0.39 is 53.1 Å². The number of hydrogen-bond acceptors (Lipinski definition) is 11. The summed E-state index contributed by atoms with van der Waals surface area (Å²) in [6, 6.07) is 12.7. The van der Waals surface area contributed by atoms with Crippen LogP contribution in [0.1, 0.15) is 71.2 Å². The molecule has 6 rings (SSSR count). The molecule has 0 spiro atoms. The van der Waals surface area contributed by atoms with E-state index >= 15 is 4.39 Å². The van der Waals surface area contributed by atoms with Gasteiger partial charge in [0.2, 0.25) is 0 Å². The Morgan fingerprint density at radius 2 is 1.63 bits per heavy atom. The number of halogens is 4. The number of carbonyl (C=O) groups excluding carboxylic acids is 2. The van der Waals surface area contributed by atoms with Crippen molar-refractivity contribution in [2.24, 2.45) is 0 Å². The molecule has 2 aromatic carbocycles. The lowest BCUT2D eigenvalue weighted by Crippen LogP contribution is -2.65. The molecule has 1 saturated heterocycles. The fourth-order valence-corrected chi connectivity index (χ4v) is 7.14. The van der Waals surface area contributed by atoms with E-state index in [4.69, 9.17) is 14.2 Å². The van der Waals surface area contributed by atoms with Crippen molar-refractivity contribution >= 4 is 29.3 Å². The van der Waals surface area contributed by atoms with Gasteiger partial charge < -0.3 is 29.5 Å². The number of aliphatic hydroxyl groups excluding tert-OH is 1. The Hall–Kier alpha value is -5.81. The van der Waals surface area contributed by atoms with Crippen molar-refractivity contribution < 1.29 is 46.5 Å². The number of piperidine rings is 1. The summed E-state index contributed by atoms with van der Waals surface area (Å²) in [5, 5.41) is 14.3. The van der Waals surface area contributed by atoms with Gasteiger partial charge in [-0.15, -0.1) is 0 Å². The van der Waals surface area contributed by atoms with Gasteiger partial charge in [0.25, 0.3) is 6.43 Å². The third-order valence-electron chi connectivity index (χ3n) is 9.86. The number of imide groups is 1. The van der Waals surface area contributed by atoms with Crippen LogP contribution >= 0.6 is 0 Å². The molecule has 0 bridgehead atoms. The Morgan fingerprint density at radius 1 is 0.950 bits per heavy atom. The maximum Gasteiger partial charge on any atom is 0.425 e. The lowest BCUT2D eigenvalue weighted by molar-refractivity contribution is -0.0657. The molecule has 60 heavy (non-hydrogen) atoms. The molecule has 1 aliphatic rings. The average molecular weight is 836 g/mol. The van der Waals surface area contributed by atoms with Crippen LogP contribution in [-0.4, -0.2) is 86.1 Å². The fourth-order valence-electron chi connectivity index (χ4n) is 7.14. The first kappa shape index (κ1) is 43.8. The summed E-state index contributed by atoms with van der Waals surface area (Å²) in [7, 11) is 1.22. The molecule has 13 nitrogen and oxygen atoms in total. The van der Waals surface area contributed by atoms with Crippen molar-refractivity contribution in [2.45, 2.75) is 96.6 Å². The maximum atomic E-state index is 15.5. The predicted octanol–water partition coefficient (Wildman–Crippen LogP) is 8.10. The third kappa shape index (κ3) is 9.79. The number of ether oxygens (including phenoxy) is 3. The van der Waals surface area contributed by atoms with Gasteiger partial charge in [-0.25, -0.2) is 37.1 Å². The molecule has 2 N–H and O–H groups in total. The summed E-state index contributed by atoms with van der Waals surface area (Å²) in [6.45, 7) is 10.4. The van der Waals surface area contributed by atoms with E-state index in [1.807, 2.05) is 35.2 Å². The Kier molecular flexibility index (Phi) is 12.7. The summed E-state index contributed by atoms with van der Waals surface area (Å²) >= 11 is 0. The normalized spacial score (nSPS) is 16.5. The van der Waals surface area contributed by atoms with Gasteiger partial charge in [-0.2, -0.15) is 4.90 Å². The molecule has 17 heteroatoms. The maximum absolute atomic E-state index is 15.5. The summed E-state index contributed by atoms with van der Waals surface area (Å²) in [5.74, 6) is -2.07. The number of rotatable bonds is 11. The van der Waals surface area contributed by atoms with Crippen LogP contribution in [0.4, 0.5) is 38.7 Å². The second-order valence-corrected chi connectivity index (χ2v) is 16.6. The molecular weight excluding hydrogens is 787 g/mol. The van der Waals surface area contributed by atoms with Crippen LogP contribution in [-0.2, 0) is 22.4 Å². The first-order valence-electron chi connectivity index (χ1n) is 19.4. The third-order valence-corrected chi connectivity index (χ3v) is 9.86. The summed E-state index contributed by atoms with van der Waals surface area (Å²) in [6.07, 6.45) is -0.549. The van der Waals surface area contributed by atoms with E-state index in [9.17, 15) is 27.9 Å². The highest BCUT2D eigenvalue weighted by molar-refractivity contribution is 6.10. The number of methoxy groups -OCH3 is 1. The Morgan fingerprint density at radius 3 is 2.27 bits per heavy atom. The van der Waals surface area contributed by atoms with Gasteiger partial charge in [-0.3, -0.25) is 9.38 Å². The van der Waals surface area contributed by atoms with Crippen molar-refractivity contribution in [1.82, 2.24) is 24.7 Å². The van der Waals surface area contributed by atoms with Gasteiger partial charge in [-0.1, -0.05) is 30.3 Å². The monoisotopic (exact) mass is 835 g/mol. The number of nitrogens with zero attached hydrogens (tertiary/aromatic N) is 6. The molecular formula is C43H49F4N7O6. The lowest BCUT2D eigenvalue weighted by atomic mass is 9.82. The highest BCUT2D eigenvalue weighted by atomic mass is 19.3. The molecule has 0 saturated carbocycles. The quantitative estimate of drug-likeness (QED) is 0.125. The van der Waals surface area contributed by atoms with E-state index in [-0.39, 0.29) is 54.4 Å². The van der Waals surface area contributed by atoms with Crippen molar-refractivity contribution in [3.05, 3.63) is 102 Å². The zero-order valence-electron chi connectivity index (χ0n) is 34.5. The summed E-state index contributed by atoms with van der Waals surface area (Å²) in [4.78, 5) is 43.0. The minimum atomic E-state index is -3.05. The molecule has 4 heterocycles. The topological polar surface area (TPSA) is 144 Å². The number of aliphatic hydroxyl groups is 1. The molecule has 0 aliphatic carbocycles. The summed E-state index contributed by atoms with van der Waals surface area (Å²) in [5.41, 5.74) is -1.08. The number of nitrogens with one attached hydrogen (secondary N) is 1. The molecule has 2 amide bonds. The van der Waals surface area contributed by atoms with Crippen LogP contribution in [0.15, 0.2) is 73.3 Å². The van der Waals surface area contributed by atoms with Crippen LogP contribution in [0.25, 0.3) is 16.9 Å². The summed E-state index contributed by atoms with van der Waals surface area (Å²) < 4.78 is 77.1. The number of benzene rings is 2. The van der Waals surface area contributed by atoms with E-state index in [1.165, 1.54) is 25.7 Å². The minimum absolute atomic E-state index is 0.0486. The van der Waals surface area contributed by atoms with Crippen LogP contribution in [0.3, 0.4) is 0 Å². The molecule has 3 aromatic heterocycles. The largest absolute Gasteiger partial charge is 0.494 e. The Bertz CT molecular complexity index is 2300. The van der Waals surface area contributed by atoms with Gasteiger partial charge in [0.05, 0.1) is 30.2 Å². The second kappa shape index (κ2) is 17.4. The van der Waals surface area contributed by atoms with Gasteiger partial charge in [0, 0.05) is 62.0 Å². The van der Waals surface area contributed by atoms with E-state index in [0.29, 0.717) is 34.8 Å². The predicted molar refractivity (Wildman–Crippen MR) is 216 cm³/mol. The number of alkyl halides is 2. The van der Waals surface area contributed by atoms with Crippen LogP contribution < -0.4 is 19.9 Å². The molecule has 0 unspecified atom stereocenters. The SMILES string of the molecule is COc1cc(F)c(-c2cc(Cc3cnc4c(N(C(=O)OC(C)(C)C)C(=O)OC(C)(C)C)nccn34)c(N3CCC[C@](NCc4ccccc4)([C@H](O)C(F)F)C3)cn2)cc1F. The first-order valence-corrected chi connectivity index (χ1v) is 19.4. The van der Waals surface area contributed by atoms with Crippen LogP contribution in [0.2, 0.25) is 0 Å². The number of fused-ring (bicyclic) bond motifs is 1. The zero-order valence-corrected chi connectivity index (χ0v) is 34.5. The smallest absolute Gasteiger partial charge is 0.425 e. The number of hydrogen-bond donors (Lipinski definition) is 2. The van der Waals surface area contributed by atoms with Gasteiger partial charge >= 0.3 is 12.2 Å². The average Bonchev–Trinajstić information content (AvgIpc) is 3.59. The van der Waals surface area contributed by atoms with Crippen molar-refractivity contribution in [1.29, 1.82) is 0 Å². The van der Waals surface area contributed by atoms with Gasteiger partial charge in [0.1, 0.15) is 23.1 Å². The van der Waals surface area contributed by atoms with E-state index in [1.54, 1.807) is 58.2 Å². The number of pyridine rings is 1. The Balaban J connectivity index is 1.45. The number of imidazole rings is 1. The van der Waals surface area contributed by atoms with Crippen molar-refractivity contribution in [3.63, 3.8) is 0 Å². The number of anilines is 2. The lowest BCUT2D eigenvalue weighted by Gasteiger charge is -2.47. The van der Waals surface area contributed by atoms with Crippen molar-refractivity contribution in [2.75, 3.05) is 30.0 Å². The number of carbonyl (C=O) groups is 2. The number of amides is 2. The molecule has 0 radical (unpaired) electrons. The van der Waals surface area contributed by atoms with Gasteiger partial charge in [-0.05, 0) is 77.6 Å². The molecule has 2 atom stereocenters. The van der Waals surface area contributed by atoms with Crippen LogP contribution in [0, 0.1) is 11.6 Å². The molecule has 1 aliphatic heterocycles. The van der Waals surface area contributed by atoms with Crippen molar-refractivity contribution in [3.8, 4) is 17.0 Å². The van der Waals surface area contributed by atoms with Gasteiger partial charge in [0.15, 0.2) is 23.0 Å². The fraction of sp³-hybridized carbons (Fsp3) is 0.419. The molecule has 5 aromatic rings. The highest BCUT2D eigenvalue weighted by Gasteiger charge is 2.46. The van der Waals surface area contributed by atoms with Crippen LogP contribution in [0.5, 0.6) is 5.75 Å². The Labute approximate surface area is 345 Å². The standard InChI is InChI=1S/C43H49F4N7O6/c1-41(2,3)59-39(56)54(40(57)60-42(4,5)6)38-37-50-23-28(53(37)17-15-48-38)18-27-19-32(29-20-31(45)34(58-7)21-30(29)44)49-24-33(27)52-16-11-14-43(25-52,35(55)36(46)47)51-22-26-12-9-8-10-13-26/h8-10,12-13,15,17,19-21,23-24,35-36,51,55H,11,14,16,18,22,25H2,1-7H3/t35-,43-/m1/s1. The molecule has 1 fully saturated rings. The zero-order chi connectivity index (χ0) is 43.6. The molecule has 320 valence electrons. The highest BCUT2D eigenvalue weighted by Crippen LogP contribution is 2.37. The first-order chi connectivity index (χ1) is 28.3. The van der Waals surface area contributed by atoms with E-state index in [2.05, 4.69) is 20.3 Å².